The van der Waals surface area contributed by atoms with Crippen LogP contribution in [0, 0.1) is 6.92 Å². The van der Waals surface area contributed by atoms with E-state index in [0.717, 1.165) is 16.8 Å². The van der Waals surface area contributed by atoms with E-state index in [-0.39, 0.29) is 6.42 Å². The van der Waals surface area contributed by atoms with Crippen LogP contribution >= 0.6 is 23.2 Å². The van der Waals surface area contributed by atoms with Gasteiger partial charge in [-0.15, -0.1) is 23.2 Å². The molecule has 0 saturated carbocycles. The summed E-state index contributed by atoms with van der Waals surface area (Å²) >= 11 is 11.8. The van der Waals surface area contributed by atoms with E-state index in [1.807, 2.05) is 25.1 Å². The predicted molar refractivity (Wildman–Crippen MR) is 114 cm³/mol. The van der Waals surface area contributed by atoms with Crippen LogP contribution in [0.5, 0.6) is 0 Å². The number of nitrogens with zero attached hydrogens (tertiary/aromatic N) is 1. The molecule has 1 aromatic carbocycles. The molecule has 0 spiro atoms. The third kappa shape index (κ3) is 9.02. The summed E-state index contributed by atoms with van der Waals surface area (Å²) in [4.78, 5) is 25.5. The number of alkyl carbamates (subject to hydrolysis) is 1. The molecule has 1 atom stereocenters. The molecule has 0 aliphatic carbocycles. The molecule has 28 heavy (non-hydrogen) atoms. The van der Waals surface area contributed by atoms with Gasteiger partial charge in [0.1, 0.15) is 5.60 Å². The van der Waals surface area contributed by atoms with Crippen LogP contribution in [0.15, 0.2) is 18.2 Å². The van der Waals surface area contributed by atoms with Gasteiger partial charge in [-0.05, 0) is 57.4 Å². The van der Waals surface area contributed by atoms with E-state index in [1.54, 1.807) is 20.8 Å². The summed E-state index contributed by atoms with van der Waals surface area (Å²) in [5.41, 5.74) is 2.28. The number of amides is 1. The van der Waals surface area contributed by atoms with Crippen molar-refractivity contribution in [3.63, 3.8) is 0 Å². The first kappa shape index (κ1) is 24.4. The smallest absolute Gasteiger partial charge is 0.407 e. The molecular weight excluding hydrogens is 403 g/mol. The lowest BCUT2D eigenvalue weighted by Gasteiger charge is -2.26. The van der Waals surface area contributed by atoms with Gasteiger partial charge in [0.15, 0.2) is 0 Å². The van der Waals surface area contributed by atoms with Crippen molar-refractivity contribution in [3.05, 3.63) is 29.3 Å². The first-order chi connectivity index (χ1) is 13.1. The zero-order valence-electron chi connectivity index (χ0n) is 16.9. The van der Waals surface area contributed by atoms with E-state index in [2.05, 4.69) is 10.2 Å². The molecule has 2 N–H and O–H groups in total. The van der Waals surface area contributed by atoms with Gasteiger partial charge in [-0.1, -0.05) is 6.07 Å². The second-order valence-electron chi connectivity index (χ2n) is 7.62. The van der Waals surface area contributed by atoms with E-state index in [4.69, 9.17) is 27.9 Å². The molecule has 0 aliphatic rings. The van der Waals surface area contributed by atoms with E-state index in [0.29, 0.717) is 31.3 Å². The van der Waals surface area contributed by atoms with Gasteiger partial charge in [0.25, 0.3) is 0 Å². The molecule has 0 saturated heterocycles. The predicted octanol–water partition coefficient (Wildman–Crippen LogP) is 4.19. The highest BCUT2D eigenvalue weighted by atomic mass is 35.5. The number of aryl methyl sites for hydroxylation is 1. The minimum Gasteiger partial charge on any atom is -0.481 e. The molecule has 0 bridgehead atoms. The van der Waals surface area contributed by atoms with Crippen molar-refractivity contribution in [1.29, 1.82) is 0 Å². The van der Waals surface area contributed by atoms with Crippen LogP contribution < -0.4 is 10.2 Å². The van der Waals surface area contributed by atoms with Crippen LogP contribution in [0.25, 0.3) is 0 Å². The summed E-state index contributed by atoms with van der Waals surface area (Å²) in [7, 11) is 0. The molecule has 1 amide bonds. The normalized spacial score (nSPS) is 12.4. The Morgan fingerprint density at radius 3 is 2.32 bits per heavy atom. The van der Waals surface area contributed by atoms with Gasteiger partial charge >= 0.3 is 12.1 Å². The van der Waals surface area contributed by atoms with Crippen molar-refractivity contribution in [1.82, 2.24) is 5.32 Å². The van der Waals surface area contributed by atoms with Crippen LogP contribution in [0.1, 0.15) is 38.3 Å². The number of halogens is 2. The van der Waals surface area contributed by atoms with Gasteiger partial charge in [-0.25, -0.2) is 4.79 Å². The maximum atomic E-state index is 12.1. The Balaban J connectivity index is 3.01. The van der Waals surface area contributed by atoms with Crippen molar-refractivity contribution >= 4 is 41.0 Å². The lowest BCUT2D eigenvalue weighted by molar-refractivity contribution is -0.137. The van der Waals surface area contributed by atoms with Crippen LogP contribution in [-0.2, 0) is 16.0 Å². The highest BCUT2D eigenvalue weighted by Gasteiger charge is 2.22. The quantitative estimate of drug-likeness (QED) is 0.541. The number of carbonyl (C=O) groups excluding carboxylic acids is 1. The second-order valence-corrected chi connectivity index (χ2v) is 8.38. The first-order valence-electron chi connectivity index (χ1n) is 9.23. The number of benzene rings is 1. The number of aliphatic carboxylic acids is 1. The fraction of sp³-hybridized carbons (Fsp3) is 0.600. The Kier molecular flexibility index (Phi) is 9.90. The van der Waals surface area contributed by atoms with Crippen molar-refractivity contribution in [2.75, 3.05) is 29.7 Å². The maximum Gasteiger partial charge on any atom is 0.407 e. The van der Waals surface area contributed by atoms with Crippen molar-refractivity contribution < 1.29 is 19.4 Å². The topological polar surface area (TPSA) is 78.9 Å². The molecular formula is C20H30Cl2N2O4. The summed E-state index contributed by atoms with van der Waals surface area (Å²) in [5.74, 6) is -0.0371. The van der Waals surface area contributed by atoms with Gasteiger partial charge in [-0.3, -0.25) is 4.79 Å². The lowest BCUT2D eigenvalue weighted by Crippen LogP contribution is -2.41. The Bertz CT molecular complexity index is 656. The summed E-state index contributed by atoms with van der Waals surface area (Å²) < 4.78 is 5.26. The van der Waals surface area contributed by atoms with Crippen molar-refractivity contribution in [2.24, 2.45) is 0 Å². The monoisotopic (exact) mass is 432 g/mol. The average molecular weight is 433 g/mol. The number of carbonyl (C=O) groups is 2. The lowest BCUT2D eigenvalue weighted by atomic mass is 9.98. The van der Waals surface area contributed by atoms with Gasteiger partial charge in [0.05, 0.1) is 6.42 Å². The minimum absolute atomic E-state index is 0.198. The highest BCUT2D eigenvalue weighted by molar-refractivity contribution is 6.18. The number of carboxylic acid groups (broad SMARTS) is 1. The Hall–Kier alpha value is -1.66. The zero-order valence-corrected chi connectivity index (χ0v) is 18.4. The molecule has 0 radical (unpaired) electrons. The van der Waals surface area contributed by atoms with E-state index >= 15 is 0 Å². The summed E-state index contributed by atoms with van der Waals surface area (Å²) in [6.45, 7) is 8.55. The summed E-state index contributed by atoms with van der Waals surface area (Å²) in [6.07, 6.45) is -0.449. The van der Waals surface area contributed by atoms with Crippen LogP contribution in [-0.4, -0.2) is 53.7 Å². The van der Waals surface area contributed by atoms with Gasteiger partial charge in [-0.2, -0.15) is 0 Å². The molecule has 1 rings (SSSR count). The molecule has 0 heterocycles. The van der Waals surface area contributed by atoms with Gasteiger partial charge < -0.3 is 20.1 Å². The number of rotatable bonds is 10. The number of hydrogen-bond acceptors (Lipinski definition) is 4. The Morgan fingerprint density at radius 1 is 1.21 bits per heavy atom. The fourth-order valence-electron chi connectivity index (χ4n) is 2.77. The SMILES string of the molecule is Cc1ccc(N(CCCl)CCCl)cc1C[C@@H](CC(=O)O)NC(=O)OC(C)(C)C. The summed E-state index contributed by atoms with van der Waals surface area (Å²) in [6, 6.07) is 5.38. The largest absolute Gasteiger partial charge is 0.481 e. The molecule has 0 fully saturated rings. The van der Waals surface area contributed by atoms with Crippen molar-refractivity contribution in [2.45, 2.75) is 52.2 Å². The minimum atomic E-state index is -0.985. The first-order valence-corrected chi connectivity index (χ1v) is 10.3. The van der Waals surface area contributed by atoms with E-state index < -0.39 is 23.7 Å². The molecule has 6 nitrogen and oxygen atoms in total. The second kappa shape index (κ2) is 11.4. The molecule has 0 aliphatic heterocycles. The number of ether oxygens (including phenoxy) is 1. The Morgan fingerprint density at radius 2 is 1.82 bits per heavy atom. The van der Waals surface area contributed by atoms with Gasteiger partial charge in [0.2, 0.25) is 0 Å². The molecule has 8 heteroatoms. The fourth-order valence-corrected chi connectivity index (χ4v) is 3.18. The highest BCUT2D eigenvalue weighted by Crippen LogP contribution is 2.22. The number of anilines is 1. The van der Waals surface area contributed by atoms with Crippen LogP contribution in [0.3, 0.4) is 0 Å². The summed E-state index contributed by atoms with van der Waals surface area (Å²) in [5, 5.41) is 11.9. The third-order valence-corrected chi connectivity index (χ3v) is 4.35. The maximum absolute atomic E-state index is 12.1. The third-order valence-electron chi connectivity index (χ3n) is 4.01. The molecule has 0 aromatic heterocycles. The number of nitrogens with one attached hydrogen (secondary N) is 1. The molecule has 0 unspecified atom stereocenters. The molecule has 1 aromatic rings. The van der Waals surface area contributed by atoms with E-state index in [1.165, 1.54) is 0 Å². The van der Waals surface area contributed by atoms with Crippen LogP contribution in [0.2, 0.25) is 0 Å². The number of hydrogen-bond donors (Lipinski definition) is 2. The number of alkyl halides is 2. The van der Waals surface area contributed by atoms with Crippen molar-refractivity contribution in [3.8, 4) is 0 Å². The zero-order chi connectivity index (χ0) is 21.3. The van der Waals surface area contributed by atoms with E-state index in [9.17, 15) is 14.7 Å². The molecule has 158 valence electrons. The van der Waals surface area contributed by atoms with Crippen LogP contribution in [0.4, 0.5) is 10.5 Å². The number of carboxylic acids is 1. The Labute approximate surface area is 177 Å². The standard InChI is InChI=1S/C20H30Cl2N2O4/c1-14-5-6-17(24(9-7-21)10-8-22)12-15(14)11-16(13-18(25)26)23-19(27)28-20(2,3)4/h5-6,12,16H,7-11,13H2,1-4H3,(H,23,27)(H,25,26)/t16-/m0/s1. The van der Waals surface area contributed by atoms with Gasteiger partial charge in [0, 0.05) is 36.6 Å². The average Bonchev–Trinajstić information content (AvgIpc) is 2.54.